The highest BCUT2D eigenvalue weighted by Gasteiger charge is 2.61. The molecule has 3 aliphatic carbocycles. The van der Waals surface area contributed by atoms with Crippen LogP contribution in [0.2, 0.25) is 0 Å². The quantitative estimate of drug-likeness (QED) is 0.361. The lowest BCUT2D eigenvalue weighted by atomic mass is 9.77. The van der Waals surface area contributed by atoms with Crippen molar-refractivity contribution >= 4 is 23.6 Å². The maximum Gasteiger partial charge on any atom is 0.312 e. The predicted octanol–water partition coefficient (Wildman–Crippen LogP) is 3.94. The van der Waals surface area contributed by atoms with Gasteiger partial charge in [-0.15, -0.1) is 6.58 Å². The van der Waals surface area contributed by atoms with Crippen LogP contribution in [0.1, 0.15) is 72.6 Å². The van der Waals surface area contributed by atoms with Crippen LogP contribution in [0.4, 0.5) is 0 Å². The number of esters is 2. The Morgan fingerprint density at radius 2 is 1.77 bits per heavy atom. The number of nitrogens with zero attached hydrogens (tertiary/aromatic N) is 1. The van der Waals surface area contributed by atoms with Crippen LogP contribution in [0, 0.1) is 40.4 Å². The molecule has 7 heteroatoms. The van der Waals surface area contributed by atoms with Crippen molar-refractivity contribution < 1.29 is 28.7 Å². The third-order valence-electron chi connectivity index (χ3n) is 8.88. The summed E-state index contributed by atoms with van der Waals surface area (Å²) >= 11 is 0. The lowest BCUT2D eigenvalue weighted by molar-refractivity contribution is -0.157. The smallest absolute Gasteiger partial charge is 0.312 e. The predicted molar refractivity (Wildman–Crippen MR) is 130 cm³/mol. The second-order valence-corrected chi connectivity index (χ2v) is 12.6. The highest BCUT2D eigenvalue weighted by molar-refractivity contribution is 5.95. The number of carbonyl (C=O) groups is 4. The number of methoxy groups -OCH3 is 1. The number of ether oxygens (including phenoxy) is 2. The van der Waals surface area contributed by atoms with Gasteiger partial charge < -0.3 is 14.4 Å². The van der Waals surface area contributed by atoms with E-state index in [2.05, 4.69) is 6.58 Å². The fraction of sp³-hybridized carbons (Fsp3) is 0.786. The molecule has 0 aromatic heterocycles. The Morgan fingerprint density at radius 1 is 1.11 bits per heavy atom. The van der Waals surface area contributed by atoms with Crippen molar-refractivity contribution in [2.24, 2.45) is 40.4 Å². The summed E-state index contributed by atoms with van der Waals surface area (Å²) in [5, 5.41) is 0. The number of rotatable bonds is 9. The minimum Gasteiger partial charge on any atom is -0.469 e. The van der Waals surface area contributed by atoms with Crippen LogP contribution in [0.3, 0.4) is 0 Å². The first-order valence-electron chi connectivity index (χ1n) is 13.1. The van der Waals surface area contributed by atoms with Gasteiger partial charge in [-0.2, -0.15) is 0 Å². The van der Waals surface area contributed by atoms with Crippen molar-refractivity contribution in [1.82, 2.24) is 4.90 Å². The second kappa shape index (κ2) is 9.36. The van der Waals surface area contributed by atoms with Gasteiger partial charge in [0.25, 0.3) is 0 Å². The molecular formula is C28H41NO6. The van der Waals surface area contributed by atoms with Crippen LogP contribution in [0.15, 0.2) is 12.7 Å². The highest BCUT2D eigenvalue weighted by atomic mass is 16.5. The summed E-state index contributed by atoms with van der Waals surface area (Å²) in [4.78, 5) is 54.3. The molecule has 0 aromatic rings. The first-order valence-corrected chi connectivity index (χ1v) is 13.1. The Kier molecular flexibility index (Phi) is 6.93. The van der Waals surface area contributed by atoms with Gasteiger partial charge in [0.15, 0.2) is 5.78 Å². The number of hydrogen-bond donors (Lipinski definition) is 0. The summed E-state index contributed by atoms with van der Waals surface area (Å²) in [6, 6.07) is -0.590. The molecule has 1 aliphatic heterocycles. The number of amides is 1. The average Bonchev–Trinajstić information content (AvgIpc) is 3.60. The molecular weight excluding hydrogens is 446 g/mol. The van der Waals surface area contributed by atoms with E-state index in [1.54, 1.807) is 11.0 Å². The number of hydrogen-bond acceptors (Lipinski definition) is 6. The van der Waals surface area contributed by atoms with Crippen LogP contribution >= 0.6 is 0 Å². The van der Waals surface area contributed by atoms with Gasteiger partial charge in [-0.3, -0.25) is 19.2 Å². The maximum absolute atomic E-state index is 13.8. The van der Waals surface area contributed by atoms with Gasteiger partial charge in [-0.25, -0.2) is 0 Å². The van der Waals surface area contributed by atoms with Crippen LogP contribution in [-0.2, 0) is 28.7 Å². The van der Waals surface area contributed by atoms with Crippen molar-refractivity contribution in [3.05, 3.63) is 12.7 Å². The van der Waals surface area contributed by atoms with Gasteiger partial charge in [0, 0.05) is 13.0 Å². The van der Waals surface area contributed by atoms with Crippen LogP contribution in [0.25, 0.3) is 0 Å². The molecule has 0 radical (unpaired) electrons. The molecule has 35 heavy (non-hydrogen) atoms. The zero-order chi connectivity index (χ0) is 25.7. The lowest BCUT2D eigenvalue weighted by Gasteiger charge is -2.35. The Balaban J connectivity index is 1.45. The van der Waals surface area contributed by atoms with Gasteiger partial charge in [0.2, 0.25) is 5.91 Å². The summed E-state index contributed by atoms with van der Waals surface area (Å²) in [6.07, 6.45) is 6.00. The molecule has 0 aromatic carbocycles. The summed E-state index contributed by atoms with van der Waals surface area (Å²) in [5.74, 6) is -0.0712. The van der Waals surface area contributed by atoms with Crippen molar-refractivity contribution in [3.8, 4) is 0 Å². The normalized spacial score (nSPS) is 36.2. The Bertz CT molecular complexity index is 896. The summed E-state index contributed by atoms with van der Waals surface area (Å²) in [7, 11) is 1.34. The zero-order valence-electron chi connectivity index (χ0n) is 21.9. The minimum atomic E-state index is -0.858. The van der Waals surface area contributed by atoms with E-state index in [1.807, 2.05) is 27.7 Å². The molecule has 4 aliphatic rings. The van der Waals surface area contributed by atoms with Crippen LogP contribution < -0.4 is 0 Å². The zero-order valence-corrected chi connectivity index (χ0v) is 21.9. The number of allylic oxidation sites excluding steroid dienone is 1. The molecule has 194 valence electrons. The maximum atomic E-state index is 13.8. The minimum absolute atomic E-state index is 0.0184. The molecule has 2 unspecified atom stereocenters. The number of carbonyl (C=O) groups excluding carboxylic acids is 4. The van der Waals surface area contributed by atoms with E-state index in [0.717, 1.165) is 12.8 Å². The number of fused-ring (bicyclic) bond motifs is 1. The van der Waals surface area contributed by atoms with Gasteiger partial charge >= 0.3 is 11.9 Å². The number of ketones is 1. The van der Waals surface area contributed by atoms with Crippen molar-refractivity contribution in [2.45, 2.75) is 84.8 Å². The van der Waals surface area contributed by atoms with Gasteiger partial charge in [-0.05, 0) is 61.2 Å². The molecule has 0 spiro atoms. The molecule has 7 nitrogen and oxygen atoms in total. The highest BCUT2D eigenvalue weighted by Crippen LogP contribution is 2.57. The van der Waals surface area contributed by atoms with Crippen molar-refractivity contribution in [2.75, 3.05) is 13.7 Å². The summed E-state index contributed by atoms with van der Waals surface area (Å²) in [5.41, 5.74) is -1.33. The van der Waals surface area contributed by atoms with Crippen molar-refractivity contribution in [3.63, 3.8) is 0 Å². The first-order chi connectivity index (χ1) is 16.4. The molecule has 4 fully saturated rings. The van der Waals surface area contributed by atoms with E-state index >= 15 is 0 Å². The third-order valence-corrected chi connectivity index (χ3v) is 8.88. The molecule has 3 saturated carbocycles. The lowest BCUT2D eigenvalue weighted by Crippen LogP contribution is -2.48. The van der Waals surface area contributed by atoms with E-state index in [1.165, 1.54) is 13.5 Å². The molecule has 4 rings (SSSR count). The van der Waals surface area contributed by atoms with Gasteiger partial charge in [0.05, 0.1) is 30.9 Å². The van der Waals surface area contributed by atoms with E-state index in [4.69, 9.17) is 9.47 Å². The van der Waals surface area contributed by atoms with E-state index in [-0.39, 0.29) is 54.4 Å². The summed E-state index contributed by atoms with van der Waals surface area (Å²) < 4.78 is 10.7. The van der Waals surface area contributed by atoms with E-state index < -0.39 is 22.8 Å². The summed E-state index contributed by atoms with van der Waals surface area (Å²) in [6.45, 7) is 12.1. The molecule has 1 heterocycles. The Hall–Kier alpha value is -2.18. The van der Waals surface area contributed by atoms with Gasteiger partial charge in [-0.1, -0.05) is 33.8 Å². The topological polar surface area (TPSA) is 90.0 Å². The molecule has 0 bridgehead atoms. The molecule has 1 saturated heterocycles. The fourth-order valence-corrected chi connectivity index (χ4v) is 6.50. The molecule has 8 atom stereocenters. The Labute approximate surface area is 209 Å². The first kappa shape index (κ1) is 25.9. The number of likely N-dealkylation sites (tertiary alicyclic amines) is 1. The average molecular weight is 488 g/mol. The molecule has 0 N–H and O–H groups in total. The van der Waals surface area contributed by atoms with Gasteiger partial charge in [0.1, 0.15) is 6.10 Å². The third kappa shape index (κ3) is 5.19. The largest absolute Gasteiger partial charge is 0.469 e. The second-order valence-electron chi connectivity index (χ2n) is 12.6. The fourth-order valence-electron chi connectivity index (χ4n) is 6.50. The van der Waals surface area contributed by atoms with Crippen molar-refractivity contribution in [1.29, 1.82) is 0 Å². The monoisotopic (exact) mass is 487 g/mol. The van der Waals surface area contributed by atoms with Crippen LogP contribution in [-0.4, -0.2) is 54.3 Å². The van der Waals surface area contributed by atoms with E-state index in [0.29, 0.717) is 31.2 Å². The molecule has 1 amide bonds. The standard InChI is InChI=1S/C28H41NO6/c1-7-19-13-28(19,26(33)34-6)14-23(30)22-8-16(2)15-29(22)25(32)21(27(3,4)5)12-24(31)35-20-10-17-9-18(17)11-20/h7,16-22H,1,8-15H2,2-6H3/t16-,17-,18+,19+,20?,21?,22-,28+/m0/s1. The Morgan fingerprint density at radius 3 is 2.31 bits per heavy atom. The SMILES string of the molecule is C=C[C@@H]1C[C@]1(CC(=O)[C@@H]1C[C@H](C)CN1C(=O)C(CC(=O)OC1C[C@@H]2C[C@@H]2C1)C(C)(C)C)C(=O)OC. The number of Topliss-reactive ketones (excluding diaryl/α,β-unsaturated/α-hetero) is 1. The van der Waals surface area contributed by atoms with E-state index in [9.17, 15) is 19.2 Å². The van der Waals surface area contributed by atoms with Crippen LogP contribution in [0.5, 0.6) is 0 Å².